The van der Waals surface area contributed by atoms with Crippen LogP contribution in [0.1, 0.15) is 59.8 Å². The number of fused-ring (bicyclic) bond motifs is 1. The lowest BCUT2D eigenvalue weighted by atomic mass is 9.47. The van der Waals surface area contributed by atoms with Gasteiger partial charge in [0.05, 0.1) is 12.7 Å². The van der Waals surface area contributed by atoms with E-state index in [1.807, 2.05) is 6.92 Å². The lowest BCUT2D eigenvalue weighted by Crippen LogP contribution is -2.52. The van der Waals surface area contributed by atoms with Gasteiger partial charge in [0.1, 0.15) is 0 Å². The van der Waals surface area contributed by atoms with Gasteiger partial charge in [-0.2, -0.15) is 0 Å². The molecule has 0 aromatic carbocycles. The monoisotopic (exact) mass is 336 g/mol. The van der Waals surface area contributed by atoms with E-state index in [-0.39, 0.29) is 29.5 Å². The van der Waals surface area contributed by atoms with Crippen LogP contribution in [0.3, 0.4) is 0 Å². The summed E-state index contributed by atoms with van der Waals surface area (Å²) in [5.74, 6) is -0.252. The largest absolute Gasteiger partial charge is 0.478 e. The Morgan fingerprint density at radius 2 is 2.00 bits per heavy atom. The van der Waals surface area contributed by atoms with E-state index in [1.54, 1.807) is 0 Å². The minimum atomic E-state index is -0.910. The molecule has 4 atom stereocenters. The fourth-order valence-electron chi connectivity index (χ4n) is 5.52. The smallest absolute Gasteiger partial charge is 0.328 e. The van der Waals surface area contributed by atoms with E-state index in [0.29, 0.717) is 12.3 Å². The lowest BCUT2D eigenvalue weighted by molar-refractivity contribution is -0.131. The zero-order valence-corrected chi connectivity index (χ0v) is 15.4. The highest BCUT2D eigenvalue weighted by atomic mass is 16.4. The number of carboxylic acid groups (broad SMARTS) is 1. The summed E-state index contributed by atoms with van der Waals surface area (Å²) < 4.78 is 0. The molecule has 0 spiro atoms. The number of hydrogen-bond acceptors (Lipinski definition) is 3. The molecule has 0 aliphatic heterocycles. The molecule has 3 N–H and O–H groups in total. The van der Waals surface area contributed by atoms with Gasteiger partial charge < -0.3 is 15.3 Å². The van der Waals surface area contributed by atoms with Crippen LogP contribution in [-0.4, -0.2) is 34.0 Å². The Kier molecular flexibility index (Phi) is 5.61. The predicted molar refractivity (Wildman–Crippen MR) is 94.5 cm³/mol. The number of hydrogen-bond donors (Lipinski definition) is 3. The Morgan fingerprint density at radius 1 is 1.33 bits per heavy atom. The first-order valence-electron chi connectivity index (χ1n) is 8.98. The molecule has 24 heavy (non-hydrogen) atoms. The molecule has 2 rings (SSSR count). The van der Waals surface area contributed by atoms with E-state index < -0.39 is 5.97 Å². The molecule has 0 radical (unpaired) electrons. The van der Waals surface area contributed by atoms with Crippen LogP contribution in [0.15, 0.2) is 23.3 Å². The first-order valence-corrected chi connectivity index (χ1v) is 8.98. The average molecular weight is 336 g/mol. The van der Waals surface area contributed by atoms with Crippen molar-refractivity contribution in [1.29, 1.82) is 0 Å². The zero-order valence-electron chi connectivity index (χ0n) is 15.4. The summed E-state index contributed by atoms with van der Waals surface area (Å²) in [5.41, 5.74) is 1.91. The maximum absolute atomic E-state index is 10.8. The summed E-state index contributed by atoms with van der Waals surface area (Å²) >= 11 is 0. The molecule has 0 amide bonds. The van der Waals surface area contributed by atoms with Crippen LogP contribution in [0.4, 0.5) is 0 Å². The highest BCUT2D eigenvalue weighted by Crippen LogP contribution is 2.60. The molecule has 4 heteroatoms. The fourth-order valence-corrected chi connectivity index (χ4v) is 5.52. The number of carbonyl (C=O) groups is 1. The van der Waals surface area contributed by atoms with E-state index in [1.165, 1.54) is 6.08 Å². The summed E-state index contributed by atoms with van der Waals surface area (Å²) in [6.45, 7) is 8.63. The van der Waals surface area contributed by atoms with E-state index in [4.69, 9.17) is 5.11 Å². The number of carboxylic acids is 1. The van der Waals surface area contributed by atoms with Crippen LogP contribution >= 0.6 is 0 Å². The van der Waals surface area contributed by atoms with E-state index in [2.05, 4.69) is 26.8 Å². The summed E-state index contributed by atoms with van der Waals surface area (Å²) in [4.78, 5) is 10.8. The molecule has 0 aromatic rings. The van der Waals surface area contributed by atoms with Crippen LogP contribution in [0.25, 0.3) is 0 Å². The molecule has 136 valence electrons. The van der Waals surface area contributed by atoms with Crippen LogP contribution in [-0.2, 0) is 4.79 Å². The molecular weight excluding hydrogens is 304 g/mol. The van der Waals surface area contributed by atoms with Crippen molar-refractivity contribution in [1.82, 2.24) is 0 Å². The van der Waals surface area contributed by atoms with Crippen molar-refractivity contribution in [2.75, 3.05) is 6.61 Å². The van der Waals surface area contributed by atoms with Gasteiger partial charge in [0.2, 0.25) is 0 Å². The first kappa shape index (κ1) is 19.2. The molecule has 1 fully saturated rings. The van der Waals surface area contributed by atoms with Crippen LogP contribution in [0, 0.1) is 22.7 Å². The second-order valence-electron chi connectivity index (χ2n) is 8.70. The molecule has 0 unspecified atom stereocenters. The maximum atomic E-state index is 10.8. The maximum Gasteiger partial charge on any atom is 0.328 e. The van der Waals surface area contributed by atoms with Gasteiger partial charge in [-0.05, 0) is 67.3 Å². The quantitative estimate of drug-likeness (QED) is 0.530. The second kappa shape index (κ2) is 7.01. The normalized spacial score (nSPS) is 36.0. The van der Waals surface area contributed by atoms with E-state index >= 15 is 0 Å². The molecule has 0 bridgehead atoms. The van der Waals surface area contributed by atoms with Crippen molar-refractivity contribution in [2.45, 2.75) is 65.9 Å². The molecule has 1 saturated carbocycles. The van der Waals surface area contributed by atoms with E-state index in [0.717, 1.165) is 36.8 Å². The Hall–Kier alpha value is -1.13. The third-order valence-electron chi connectivity index (χ3n) is 6.42. The summed E-state index contributed by atoms with van der Waals surface area (Å²) in [5, 5.41) is 29.2. The summed E-state index contributed by atoms with van der Waals surface area (Å²) in [7, 11) is 0. The van der Waals surface area contributed by atoms with Crippen molar-refractivity contribution in [3.63, 3.8) is 0 Å². The Balaban J connectivity index is 2.29. The third kappa shape index (κ3) is 3.75. The molecule has 2 aliphatic carbocycles. The summed E-state index contributed by atoms with van der Waals surface area (Å²) in [6.07, 6.45) is 7.19. The molecule has 4 nitrogen and oxygen atoms in total. The minimum absolute atomic E-state index is 0.0468. The van der Waals surface area contributed by atoms with Crippen molar-refractivity contribution in [3.8, 4) is 0 Å². The minimum Gasteiger partial charge on any atom is -0.478 e. The van der Waals surface area contributed by atoms with Gasteiger partial charge >= 0.3 is 5.97 Å². The van der Waals surface area contributed by atoms with Gasteiger partial charge in [-0.15, -0.1) is 0 Å². The van der Waals surface area contributed by atoms with Crippen molar-refractivity contribution in [3.05, 3.63) is 23.3 Å². The molecule has 0 heterocycles. The van der Waals surface area contributed by atoms with Gasteiger partial charge in [-0.1, -0.05) is 32.4 Å². The Bertz CT molecular complexity index is 546. The first-order chi connectivity index (χ1) is 11.1. The van der Waals surface area contributed by atoms with Gasteiger partial charge in [-0.25, -0.2) is 4.79 Å². The van der Waals surface area contributed by atoms with Crippen molar-refractivity contribution < 1.29 is 20.1 Å². The third-order valence-corrected chi connectivity index (χ3v) is 6.42. The Labute approximate surface area is 145 Å². The molecule has 0 aromatic heterocycles. The van der Waals surface area contributed by atoms with Crippen molar-refractivity contribution in [2.24, 2.45) is 22.7 Å². The molecular formula is C20H32O4. The number of aliphatic hydroxyl groups is 2. The van der Waals surface area contributed by atoms with Gasteiger partial charge in [0.15, 0.2) is 0 Å². The fraction of sp³-hybridized carbons (Fsp3) is 0.750. The predicted octanol–water partition coefficient (Wildman–Crippen LogP) is 3.54. The highest BCUT2D eigenvalue weighted by Gasteiger charge is 2.54. The van der Waals surface area contributed by atoms with Crippen LogP contribution in [0.5, 0.6) is 0 Å². The van der Waals surface area contributed by atoms with Crippen LogP contribution in [0.2, 0.25) is 0 Å². The average Bonchev–Trinajstić information content (AvgIpc) is 2.42. The molecule has 2 aliphatic rings. The number of rotatable bonds is 5. The number of allylic oxidation sites excluding steroid dienone is 2. The summed E-state index contributed by atoms with van der Waals surface area (Å²) in [6, 6.07) is 0. The number of aliphatic hydroxyl groups excluding tert-OH is 2. The highest BCUT2D eigenvalue weighted by molar-refractivity contribution is 5.80. The zero-order chi connectivity index (χ0) is 18.1. The van der Waals surface area contributed by atoms with Crippen molar-refractivity contribution >= 4 is 5.97 Å². The van der Waals surface area contributed by atoms with Gasteiger partial charge in [0.25, 0.3) is 0 Å². The SMILES string of the molecule is C/C(=C\C(=O)O)CC[C@@H]1C(CO)=CC[C@@H]2C(C)(C)C[C@@H](O)C[C@@]12C. The second-order valence-corrected chi connectivity index (χ2v) is 8.70. The van der Waals surface area contributed by atoms with Gasteiger partial charge in [0, 0.05) is 6.08 Å². The van der Waals surface area contributed by atoms with Gasteiger partial charge in [-0.3, -0.25) is 0 Å². The molecule has 0 saturated heterocycles. The lowest BCUT2D eigenvalue weighted by Gasteiger charge is -2.58. The standard InChI is InChI=1S/C20H32O4/c1-13(9-18(23)24)5-7-16-14(12-21)6-8-17-19(2,3)10-15(22)11-20(16,17)4/h6,9,15-17,21-22H,5,7-8,10-12H2,1-4H3,(H,23,24)/b13-9+/t15-,16-,17-,20+/m1/s1. The van der Waals surface area contributed by atoms with Crippen LogP contribution < -0.4 is 0 Å². The Morgan fingerprint density at radius 3 is 2.58 bits per heavy atom. The number of aliphatic carboxylic acids is 1. The van der Waals surface area contributed by atoms with E-state index in [9.17, 15) is 15.0 Å². The topological polar surface area (TPSA) is 77.8 Å².